The SMILES string of the molecule is CC(C)C[C@H](NC(=O)c1cc2ccccc2s1)C(=O)N=C1CCCN(S(=O)(=O)c2ccc(Cl)cc2)CC1. The number of sulfonamides is 1. The summed E-state index contributed by atoms with van der Waals surface area (Å²) in [5.41, 5.74) is 0.656. The lowest BCUT2D eigenvalue weighted by atomic mass is 10.0. The predicted octanol–water partition coefficient (Wildman–Crippen LogP) is 5.54. The lowest BCUT2D eigenvalue weighted by molar-refractivity contribution is -0.120. The van der Waals surface area contributed by atoms with Gasteiger partial charge in [-0.05, 0) is 73.4 Å². The van der Waals surface area contributed by atoms with Crippen molar-refractivity contribution >= 4 is 60.6 Å². The molecule has 1 N–H and O–H groups in total. The maximum Gasteiger partial charge on any atom is 0.268 e. The molecule has 0 radical (unpaired) electrons. The van der Waals surface area contributed by atoms with Gasteiger partial charge >= 0.3 is 0 Å². The highest BCUT2D eigenvalue weighted by Gasteiger charge is 2.28. The summed E-state index contributed by atoms with van der Waals surface area (Å²) in [5, 5.41) is 4.35. The quantitative estimate of drug-likeness (QED) is 0.411. The van der Waals surface area contributed by atoms with Gasteiger partial charge in [-0.15, -0.1) is 11.3 Å². The third kappa shape index (κ3) is 6.84. The molecule has 2 amide bonds. The zero-order valence-corrected chi connectivity index (χ0v) is 23.2. The largest absolute Gasteiger partial charge is 0.339 e. The van der Waals surface area contributed by atoms with Gasteiger partial charge in [0.05, 0.1) is 9.77 Å². The van der Waals surface area contributed by atoms with Gasteiger partial charge in [0.1, 0.15) is 6.04 Å². The number of carbonyl (C=O) groups excluding carboxylic acids is 2. The number of nitrogens with zero attached hydrogens (tertiary/aromatic N) is 2. The topological polar surface area (TPSA) is 95.9 Å². The van der Waals surface area contributed by atoms with Gasteiger partial charge in [0.2, 0.25) is 10.0 Å². The fraction of sp³-hybridized carbons (Fsp3) is 0.370. The zero-order chi connectivity index (χ0) is 26.6. The van der Waals surface area contributed by atoms with Crippen LogP contribution in [0.2, 0.25) is 5.02 Å². The second-order valence-corrected chi connectivity index (χ2v) is 13.0. The molecule has 10 heteroatoms. The van der Waals surface area contributed by atoms with E-state index in [0.717, 1.165) is 10.1 Å². The van der Waals surface area contributed by atoms with E-state index in [1.807, 2.05) is 44.2 Å². The first kappa shape index (κ1) is 27.4. The van der Waals surface area contributed by atoms with Crippen LogP contribution in [0.3, 0.4) is 0 Å². The van der Waals surface area contributed by atoms with Crippen molar-refractivity contribution in [3.63, 3.8) is 0 Å². The van der Waals surface area contributed by atoms with E-state index in [-0.39, 0.29) is 23.3 Å². The van der Waals surface area contributed by atoms with E-state index in [4.69, 9.17) is 11.6 Å². The van der Waals surface area contributed by atoms with E-state index in [2.05, 4.69) is 10.3 Å². The Labute approximate surface area is 226 Å². The molecule has 37 heavy (non-hydrogen) atoms. The smallest absolute Gasteiger partial charge is 0.268 e. The molecule has 0 unspecified atom stereocenters. The maximum atomic E-state index is 13.2. The molecular weight excluding hydrogens is 530 g/mol. The molecule has 1 aliphatic rings. The van der Waals surface area contributed by atoms with E-state index in [1.54, 1.807) is 12.1 Å². The molecule has 1 fully saturated rings. The minimum Gasteiger partial charge on any atom is -0.339 e. The van der Waals surface area contributed by atoms with Crippen LogP contribution in [0, 0.1) is 5.92 Å². The molecular formula is C27H30ClN3O4S2. The van der Waals surface area contributed by atoms with E-state index in [1.165, 1.54) is 27.8 Å². The van der Waals surface area contributed by atoms with Crippen LogP contribution in [0.15, 0.2) is 64.5 Å². The summed E-state index contributed by atoms with van der Waals surface area (Å²) in [6.07, 6.45) is 1.90. The van der Waals surface area contributed by atoms with Crippen molar-refractivity contribution in [1.29, 1.82) is 0 Å². The van der Waals surface area contributed by atoms with Crippen molar-refractivity contribution in [3.05, 3.63) is 64.5 Å². The molecule has 2 aromatic carbocycles. The molecule has 0 aliphatic carbocycles. The van der Waals surface area contributed by atoms with Crippen LogP contribution in [0.25, 0.3) is 10.1 Å². The molecule has 1 aromatic heterocycles. The minimum absolute atomic E-state index is 0.172. The molecule has 1 saturated heterocycles. The average molecular weight is 560 g/mol. The summed E-state index contributed by atoms with van der Waals surface area (Å²) in [4.78, 5) is 31.3. The summed E-state index contributed by atoms with van der Waals surface area (Å²) in [5.74, 6) is -0.514. The van der Waals surface area contributed by atoms with Crippen LogP contribution in [0.1, 0.15) is 49.2 Å². The second-order valence-electron chi connectivity index (χ2n) is 9.53. The van der Waals surface area contributed by atoms with Crippen molar-refractivity contribution in [3.8, 4) is 0 Å². The van der Waals surface area contributed by atoms with Gasteiger partial charge in [-0.25, -0.2) is 13.4 Å². The summed E-state index contributed by atoms with van der Waals surface area (Å²) in [6, 6.07) is 15.0. The number of benzene rings is 2. The van der Waals surface area contributed by atoms with Gasteiger partial charge in [0, 0.05) is 28.5 Å². The normalized spacial score (nSPS) is 17.1. The first-order valence-corrected chi connectivity index (χ1v) is 14.9. The molecule has 1 aliphatic heterocycles. The van der Waals surface area contributed by atoms with Gasteiger partial charge < -0.3 is 5.32 Å². The molecule has 0 spiro atoms. The number of aliphatic imine (C=N–C) groups is 1. The van der Waals surface area contributed by atoms with Crippen LogP contribution < -0.4 is 5.32 Å². The lowest BCUT2D eigenvalue weighted by Gasteiger charge is -2.19. The molecule has 3 aromatic rings. The Morgan fingerprint density at radius 1 is 1.08 bits per heavy atom. The molecule has 0 bridgehead atoms. The van der Waals surface area contributed by atoms with Crippen LogP contribution in [0.5, 0.6) is 0 Å². The first-order valence-electron chi connectivity index (χ1n) is 12.3. The molecule has 1 atom stereocenters. The zero-order valence-electron chi connectivity index (χ0n) is 20.8. The van der Waals surface area contributed by atoms with Gasteiger partial charge in [-0.3, -0.25) is 9.59 Å². The molecule has 0 saturated carbocycles. The van der Waals surface area contributed by atoms with Gasteiger partial charge in [0.15, 0.2) is 0 Å². The standard InChI is InChI=1S/C27H30ClN3O4S2/c1-18(2)16-23(30-27(33)25-17-19-6-3-4-8-24(19)36-25)26(32)29-21-7-5-14-31(15-13-21)37(34,35)22-11-9-20(28)10-12-22/h3-4,6,8-12,17-18,23H,5,7,13-16H2,1-2H3,(H,30,33)/t23-/m0/s1. The number of fused-ring (bicyclic) bond motifs is 1. The Morgan fingerprint density at radius 2 is 1.81 bits per heavy atom. The number of rotatable bonds is 7. The van der Waals surface area contributed by atoms with Crippen molar-refractivity contribution in [2.24, 2.45) is 10.9 Å². The summed E-state index contributed by atoms with van der Waals surface area (Å²) in [7, 11) is -3.67. The Kier molecular flexibility index (Phi) is 8.79. The van der Waals surface area contributed by atoms with E-state index in [9.17, 15) is 18.0 Å². The van der Waals surface area contributed by atoms with Crippen LogP contribution in [0.4, 0.5) is 0 Å². The van der Waals surface area contributed by atoms with Crippen LogP contribution >= 0.6 is 22.9 Å². The fourth-order valence-corrected chi connectivity index (χ4v) is 6.88. The summed E-state index contributed by atoms with van der Waals surface area (Å²) in [6.45, 7) is 4.56. The highest BCUT2D eigenvalue weighted by Crippen LogP contribution is 2.26. The molecule has 2 heterocycles. The Hall–Kier alpha value is -2.59. The maximum absolute atomic E-state index is 13.2. The highest BCUT2D eigenvalue weighted by atomic mass is 35.5. The molecule has 4 rings (SSSR count). The molecule has 196 valence electrons. The van der Waals surface area contributed by atoms with Crippen LogP contribution in [-0.2, 0) is 14.8 Å². The number of nitrogens with one attached hydrogen (secondary N) is 1. The third-order valence-corrected chi connectivity index (χ3v) is 9.48. The van der Waals surface area contributed by atoms with E-state index >= 15 is 0 Å². The van der Waals surface area contributed by atoms with E-state index < -0.39 is 22.0 Å². The summed E-state index contributed by atoms with van der Waals surface area (Å²) < 4.78 is 28.6. The Balaban J connectivity index is 1.45. The third-order valence-electron chi connectivity index (χ3n) is 6.20. The van der Waals surface area contributed by atoms with Crippen LogP contribution in [-0.4, -0.2) is 49.4 Å². The summed E-state index contributed by atoms with van der Waals surface area (Å²) >= 11 is 7.29. The number of thiophene rings is 1. The van der Waals surface area contributed by atoms with Crippen molar-refractivity contribution in [2.75, 3.05) is 13.1 Å². The highest BCUT2D eigenvalue weighted by molar-refractivity contribution is 7.89. The fourth-order valence-electron chi connectivity index (χ4n) is 4.31. The Morgan fingerprint density at radius 3 is 2.51 bits per heavy atom. The lowest BCUT2D eigenvalue weighted by Crippen LogP contribution is -2.41. The minimum atomic E-state index is -3.67. The van der Waals surface area contributed by atoms with Gasteiger partial charge in [0.25, 0.3) is 11.8 Å². The van der Waals surface area contributed by atoms with Gasteiger partial charge in [-0.1, -0.05) is 43.6 Å². The second kappa shape index (κ2) is 11.9. The van der Waals surface area contributed by atoms with Crippen molar-refractivity contribution < 1.29 is 18.0 Å². The number of halogens is 1. The van der Waals surface area contributed by atoms with Crippen molar-refractivity contribution in [2.45, 2.75) is 50.5 Å². The Bertz CT molecular complexity index is 1380. The number of hydrogen-bond donors (Lipinski definition) is 1. The number of amides is 2. The van der Waals surface area contributed by atoms with Crippen molar-refractivity contribution in [1.82, 2.24) is 9.62 Å². The molecule has 7 nitrogen and oxygen atoms in total. The number of hydrogen-bond acceptors (Lipinski definition) is 5. The van der Waals surface area contributed by atoms with E-state index in [0.29, 0.717) is 47.8 Å². The monoisotopic (exact) mass is 559 g/mol. The predicted molar refractivity (Wildman–Crippen MR) is 149 cm³/mol. The van der Waals surface area contributed by atoms with Gasteiger partial charge in [-0.2, -0.15) is 4.31 Å². The average Bonchev–Trinajstić information content (AvgIpc) is 3.16. The number of carbonyl (C=O) groups is 2. The first-order chi connectivity index (χ1) is 17.6.